The van der Waals surface area contributed by atoms with Gasteiger partial charge < -0.3 is 14.2 Å². The Morgan fingerprint density at radius 3 is 1.32 bits per heavy atom. The van der Waals surface area contributed by atoms with Gasteiger partial charge in [-0.25, -0.2) is 0 Å². The minimum Gasteiger partial charge on any atom is -0.462 e. The Bertz CT molecular complexity index is 1180. The van der Waals surface area contributed by atoms with Crippen LogP contribution in [0.4, 0.5) is 0 Å². The Kier molecular flexibility index (Phi) is 42.1. The lowest BCUT2D eigenvalue weighted by Gasteiger charge is -2.18. The molecule has 6 nitrogen and oxygen atoms in total. The number of carbonyl (C=O) groups is 3. The first-order valence-electron chi connectivity index (χ1n) is 22.7. The monoisotopic (exact) mass is 791 g/mol. The Morgan fingerprint density at radius 1 is 0.386 bits per heavy atom. The van der Waals surface area contributed by atoms with Crippen LogP contribution in [0.1, 0.15) is 188 Å². The number of carbonyl (C=O) groups excluding carboxylic acids is 3. The number of hydrogen-bond acceptors (Lipinski definition) is 6. The zero-order chi connectivity index (χ0) is 41.5. The molecule has 0 N–H and O–H groups in total. The molecule has 0 fully saturated rings. The molecule has 322 valence electrons. The molecule has 1 unspecified atom stereocenters. The molecule has 0 aliphatic rings. The molecule has 0 bridgehead atoms. The maximum atomic E-state index is 12.7. The molecular formula is C51H82O6. The summed E-state index contributed by atoms with van der Waals surface area (Å²) in [5, 5.41) is 0. The van der Waals surface area contributed by atoms with E-state index in [4.69, 9.17) is 14.2 Å². The summed E-state index contributed by atoms with van der Waals surface area (Å²) in [6.45, 7) is 6.28. The van der Waals surface area contributed by atoms with E-state index >= 15 is 0 Å². The van der Waals surface area contributed by atoms with Gasteiger partial charge in [-0.05, 0) is 89.9 Å². The van der Waals surface area contributed by atoms with Gasteiger partial charge in [-0.3, -0.25) is 14.4 Å². The third-order valence-electron chi connectivity index (χ3n) is 9.06. The molecular weight excluding hydrogens is 709 g/mol. The minimum atomic E-state index is -0.826. The smallest absolute Gasteiger partial charge is 0.309 e. The maximum absolute atomic E-state index is 12.7. The molecule has 0 radical (unpaired) electrons. The summed E-state index contributed by atoms with van der Waals surface area (Å²) >= 11 is 0. The fourth-order valence-electron chi connectivity index (χ4n) is 5.65. The van der Waals surface area contributed by atoms with Gasteiger partial charge in [-0.15, -0.1) is 0 Å². The summed E-state index contributed by atoms with van der Waals surface area (Å²) in [5.41, 5.74) is 0. The topological polar surface area (TPSA) is 78.9 Å². The van der Waals surface area contributed by atoms with Crippen LogP contribution in [0.5, 0.6) is 0 Å². The van der Waals surface area contributed by atoms with E-state index in [0.717, 1.165) is 116 Å². The standard InChI is InChI=1S/C51H82O6/c1-4-7-10-13-16-19-22-24-26-28-29-32-35-38-41-44-50(53)56-47-48(46-55-49(52)43-40-37-34-31-21-18-15-12-9-6-3)57-51(54)45-42-39-36-33-30-27-25-23-20-17-14-11-8-5-2/h7,10,12,14-17,19,23-26,29,32,38,41,48H,4-6,8-9,11,13,18,20-22,27-28,30-31,33-37,39-40,42-47H2,1-3H3/b10-7-,15-12-,17-14-,19-16-,25-23-,26-24-,32-29-,41-38-. The van der Waals surface area contributed by atoms with Crippen molar-refractivity contribution in [1.82, 2.24) is 0 Å². The maximum Gasteiger partial charge on any atom is 0.309 e. The largest absolute Gasteiger partial charge is 0.462 e. The van der Waals surface area contributed by atoms with Crippen LogP contribution in [0.15, 0.2) is 97.2 Å². The van der Waals surface area contributed by atoms with Gasteiger partial charge >= 0.3 is 17.9 Å². The van der Waals surface area contributed by atoms with Crippen molar-refractivity contribution in [2.24, 2.45) is 0 Å². The molecule has 0 rings (SSSR count). The van der Waals surface area contributed by atoms with E-state index in [-0.39, 0.29) is 38.0 Å². The number of hydrogen-bond donors (Lipinski definition) is 0. The van der Waals surface area contributed by atoms with Crippen LogP contribution in [-0.2, 0) is 28.6 Å². The second-order valence-electron chi connectivity index (χ2n) is 14.6. The lowest BCUT2D eigenvalue weighted by atomic mass is 10.1. The van der Waals surface area contributed by atoms with Crippen LogP contribution in [0.3, 0.4) is 0 Å². The zero-order valence-corrected chi connectivity index (χ0v) is 36.6. The van der Waals surface area contributed by atoms with E-state index in [1.165, 1.54) is 32.1 Å². The molecule has 0 saturated heterocycles. The van der Waals surface area contributed by atoms with E-state index in [9.17, 15) is 14.4 Å². The highest BCUT2D eigenvalue weighted by Crippen LogP contribution is 2.12. The van der Waals surface area contributed by atoms with Gasteiger partial charge in [0.1, 0.15) is 13.2 Å². The molecule has 0 aliphatic carbocycles. The van der Waals surface area contributed by atoms with Gasteiger partial charge in [-0.2, -0.15) is 0 Å². The van der Waals surface area contributed by atoms with E-state index in [0.29, 0.717) is 6.42 Å². The second kappa shape index (κ2) is 45.0. The summed E-state index contributed by atoms with van der Waals surface area (Å²) in [6, 6.07) is 0. The Hall–Kier alpha value is -3.67. The third kappa shape index (κ3) is 43.3. The van der Waals surface area contributed by atoms with Crippen molar-refractivity contribution in [3.05, 3.63) is 97.2 Å². The van der Waals surface area contributed by atoms with Crippen molar-refractivity contribution in [3.8, 4) is 0 Å². The minimum absolute atomic E-state index is 0.119. The molecule has 0 saturated carbocycles. The van der Waals surface area contributed by atoms with Crippen LogP contribution in [0, 0.1) is 0 Å². The Balaban J connectivity index is 4.56. The van der Waals surface area contributed by atoms with Gasteiger partial charge in [0.2, 0.25) is 0 Å². The fraction of sp³-hybridized carbons (Fsp3) is 0.627. The van der Waals surface area contributed by atoms with Crippen molar-refractivity contribution in [2.45, 2.75) is 194 Å². The van der Waals surface area contributed by atoms with Crippen molar-refractivity contribution in [1.29, 1.82) is 0 Å². The number of rotatable bonds is 39. The molecule has 0 heterocycles. The van der Waals surface area contributed by atoms with Crippen molar-refractivity contribution in [3.63, 3.8) is 0 Å². The van der Waals surface area contributed by atoms with Gasteiger partial charge in [0.05, 0.1) is 6.42 Å². The molecule has 0 aromatic rings. The number of ether oxygens (including phenoxy) is 3. The average Bonchev–Trinajstić information content (AvgIpc) is 3.21. The highest BCUT2D eigenvalue weighted by atomic mass is 16.6. The van der Waals surface area contributed by atoms with Crippen LogP contribution >= 0.6 is 0 Å². The first kappa shape index (κ1) is 53.3. The van der Waals surface area contributed by atoms with Crippen molar-refractivity contribution < 1.29 is 28.6 Å². The summed E-state index contributed by atoms with van der Waals surface area (Å²) in [7, 11) is 0. The third-order valence-corrected chi connectivity index (χ3v) is 9.06. The van der Waals surface area contributed by atoms with E-state index in [2.05, 4.69) is 106 Å². The predicted octanol–water partition coefficient (Wildman–Crippen LogP) is 14.6. The number of unbranched alkanes of at least 4 members (excludes halogenated alkanes) is 13. The van der Waals surface area contributed by atoms with E-state index in [1.807, 2.05) is 6.08 Å². The quantitative estimate of drug-likeness (QED) is 0.0267. The molecule has 0 aliphatic heterocycles. The van der Waals surface area contributed by atoms with Crippen LogP contribution in [0.25, 0.3) is 0 Å². The fourth-order valence-corrected chi connectivity index (χ4v) is 5.65. The number of allylic oxidation sites excluding steroid dienone is 15. The first-order chi connectivity index (χ1) is 28.0. The van der Waals surface area contributed by atoms with Gasteiger partial charge in [0.25, 0.3) is 0 Å². The van der Waals surface area contributed by atoms with Crippen LogP contribution in [-0.4, -0.2) is 37.2 Å². The molecule has 57 heavy (non-hydrogen) atoms. The van der Waals surface area contributed by atoms with E-state index in [1.54, 1.807) is 6.08 Å². The summed E-state index contributed by atoms with van der Waals surface area (Å²) in [4.78, 5) is 37.7. The molecule has 0 aromatic heterocycles. The average molecular weight is 791 g/mol. The molecule has 0 spiro atoms. The second-order valence-corrected chi connectivity index (χ2v) is 14.6. The lowest BCUT2D eigenvalue weighted by Crippen LogP contribution is -2.30. The first-order valence-corrected chi connectivity index (χ1v) is 22.7. The molecule has 1 atom stereocenters. The van der Waals surface area contributed by atoms with Crippen molar-refractivity contribution in [2.75, 3.05) is 13.2 Å². The zero-order valence-electron chi connectivity index (χ0n) is 36.6. The van der Waals surface area contributed by atoms with Gasteiger partial charge in [0, 0.05) is 12.8 Å². The SMILES string of the molecule is CC/C=C\C/C=C\C/C=C\C/C=C\C/C=C\CC(=O)OCC(COC(=O)CCCCCCC/C=C\CCC)OC(=O)CCCCCCC/C=C\C/C=C\CCCC. The van der Waals surface area contributed by atoms with Gasteiger partial charge in [0.15, 0.2) is 6.10 Å². The molecule has 0 amide bonds. The Morgan fingerprint density at radius 2 is 0.789 bits per heavy atom. The Labute approximate surface area is 349 Å². The van der Waals surface area contributed by atoms with Crippen LogP contribution < -0.4 is 0 Å². The molecule has 0 aromatic carbocycles. The van der Waals surface area contributed by atoms with Gasteiger partial charge in [-0.1, -0.05) is 176 Å². The summed E-state index contributed by atoms with van der Waals surface area (Å²) in [6.07, 6.45) is 58.4. The van der Waals surface area contributed by atoms with Crippen molar-refractivity contribution >= 4 is 17.9 Å². The van der Waals surface area contributed by atoms with Crippen LogP contribution in [0.2, 0.25) is 0 Å². The normalized spacial score (nSPS) is 13.0. The van der Waals surface area contributed by atoms with E-state index < -0.39 is 12.1 Å². The summed E-state index contributed by atoms with van der Waals surface area (Å²) < 4.78 is 16.6. The number of esters is 3. The highest BCUT2D eigenvalue weighted by Gasteiger charge is 2.19. The molecule has 6 heteroatoms. The predicted molar refractivity (Wildman–Crippen MR) is 242 cm³/mol. The summed E-state index contributed by atoms with van der Waals surface area (Å²) in [5.74, 6) is -1.09. The lowest BCUT2D eigenvalue weighted by molar-refractivity contribution is -0.166. The highest BCUT2D eigenvalue weighted by molar-refractivity contribution is 5.72.